The summed E-state index contributed by atoms with van der Waals surface area (Å²) in [6, 6.07) is 7.06. The van der Waals surface area contributed by atoms with Crippen molar-refractivity contribution < 1.29 is 30.7 Å². The largest absolute Gasteiger partial charge is 0.573 e. The van der Waals surface area contributed by atoms with Crippen molar-refractivity contribution in [2.75, 3.05) is 18.8 Å². The molecule has 11 heteroatoms. The Kier molecular flexibility index (Phi) is 5.50. The summed E-state index contributed by atoms with van der Waals surface area (Å²) in [5.41, 5.74) is 4.98. The molecule has 2 aromatic carbocycles. The van der Waals surface area contributed by atoms with Gasteiger partial charge in [-0.05, 0) is 55.3 Å². The maximum absolute atomic E-state index is 13.7. The highest BCUT2D eigenvalue weighted by molar-refractivity contribution is 7.89. The van der Waals surface area contributed by atoms with Crippen molar-refractivity contribution in [2.45, 2.75) is 30.1 Å². The number of rotatable bonds is 5. The molecule has 0 aromatic heterocycles. The van der Waals surface area contributed by atoms with Gasteiger partial charge in [-0.15, -0.1) is 13.2 Å². The third kappa shape index (κ3) is 4.62. The van der Waals surface area contributed by atoms with Gasteiger partial charge in [0.2, 0.25) is 10.0 Å². The highest BCUT2D eigenvalue weighted by atomic mass is 32.2. The minimum Gasteiger partial charge on any atom is -0.404 e. The van der Waals surface area contributed by atoms with Crippen LogP contribution in [0.15, 0.2) is 41.3 Å². The average molecular weight is 433 g/mol. The van der Waals surface area contributed by atoms with Crippen LogP contribution in [-0.2, 0) is 15.6 Å². The van der Waals surface area contributed by atoms with E-state index in [0.29, 0.717) is 24.1 Å². The van der Waals surface area contributed by atoms with E-state index in [2.05, 4.69) is 14.8 Å². The van der Waals surface area contributed by atoms with E-state index in [1.807, 2.05) is 0 Å². The molecule has 0 saturated carbocycles. The molecule has 1 fully saturated rings. The number of nitrogens with two attached hydrogens (primary N) is 1. The van der Waals surface area contributed by atoms with Crippen LogP contribution in [0.1, 0.15) is 17.5 Å². The number of benzene rings is 2. The zero-order valence-electron chi connectivity index (χ0n) is 15.3. The van der Waals surface area contributed by atoms with E-state index < -0.39 is 39.2 Å². The number of aryl methyl sites for hydroxylation is 1. The van der Waals surface area contributed by atoms with Gasteiger partial charge in [-0.2, -0.15) is 4.72 Å². The Labute approximate surface area is 165 Å². The molecule has 29 heavy (non-hydrogen) atoms. The van der Waals surface area contributed by atoms with Gasteiger partial charge in [0.05, 0.1) is 16.1 Å². The quantitative estimate of drug-likeness (QED) is 0.498. The first-order chi connectivity index (χ1) is 13.4. The van der Waals surface area contributed by atoms with Crippen molar-refractivity contribution in [3.05, 3.63) is 53.3 Å². The van der Waals surface area contributed by atoms with Gasteiger partial charge in [-0.25, -0.2) is 12.8 Å². The zero-order valence-corrected chi connectivity index (χ0v) is 16.1. The molecule has 6 nitrogen and oxygen atoms in total. The SMILES string of the molecule is Cc1cc([C@@]2(NS(=O)(=O)c3ccc(OC(F)(F)F)c(N)c3)CCNC2)ccc1F. The van der Waals surface area contributed by atoms with Crippen LogP contribution in [0, 0.1) is 12.7 Å². The normalized spacial score (nSPS) is 20.0. The van der Waals surface area contributed by atoms with E-state index in [1.54, 1.807) is 13.0 Å². The molecule has 158 valence electrons. The molecule has 0 amide bonds. The van der Waals surface area contributed by atoms with Crippen molar-refractivity contribution in [3.63, 3.8) is 0 Å². The van der Waals surface area contributed by atoms with Crippen molar-refractivity contribution >= 4 is 15.7 Å². The Morgan fingerprint density at radius 3 is 2.48 bits per heavy atom. The van der Waals surface area contributed by atoms with Crippen LogP contribution in [0.3, 0.4) is 0 Å². The van der Waals surface area contributed by atoms with Gasteiger partial charge in [0, 0.05) is 6.54 Å². The lowest BCUT2D eigenvalue weighted by atomic mass is 9.89. The van der Waals surface area contributed by atoms with Gasteiger partial charge in [-0.1, -0.05) is 12.1 Å². The van der Waals surface area contributed by atoms with Crippen LogP contribution in [0.4, 0.5) is 23.2 Å². The van der Waals surface area contributed by atoms with Crippen LogP contribution < -0.4 is 20.5 Å². The van der Waals surface area contributed by atoms with Crippen LogP contribution in [0.2, 0.25) is 0 Å². The number of halogens is 4. The van der Waals surface area contributed by atoms with Gasteiger partial charge in [0.1, 0.15) is 5.82 Å². The van der Waals surface area contributed by atoms with E-state index >= 15 is 0 Å². The third-order valence-corrected chi connectivity index (χ3v) is 6.25. The van der Waals surface area contributed by atoms with Crippen LogP contribution in [-0.4, -0.2) is 27.9 Å². The predicted octanol–water partition coefficient (Wildman–Crippen LogP) is 2.78. The summed E-state index contributed by atoms with van der Waals surface area (Å²) in [4.78, 5) is -0.311. The number of nitrogen functional groups attached to an aromatic ring is 1. The van der Waals surface area contributed by atoms with Crippen LogP contribution >= 0.6 is 0 Å². The van der Waals surface area contributed by atoms with Crippen LogP contribution in [0.25, 0.3) is 0 Å². The fourth-order valence-corrected chi connectivity index (χ4v) is 4.71. The number of hydrogen-bond acceptors (Lipinski definition) is 5. The van der Waals surface area contributed by atoms with E-state index in [1.165, 1.54) is 12.1 Å². The fourth-order valence-electron chi connectivity index (χ4n) is 3.25. The second kappa shape index (κ2) is 7.47. The molecular weight excluding hydrogens is 414 g/mol. The first-order valence-corrected chi connectivity index (χ1v) is 10.1. The summed E-state index contributed by atoms with van der Waals surface area (Å²) in [6.07, 6.45) is -4.55. The standard InChI is InChI=1S/C18H19F4N3O3S/c1-11-8-12(2-4-14(11)19)17(6-7-24-10-17)25-29(26,27)13-3-5-16(15(23)9-13)28-18(20,21)22/h2-5,8-9,24-25H,6-7,10,23H2,1H3/t17-/m1/s1. The number of sulfonamides is 1. The molecule has 0 bridgehead atoms. The van der Waals surface area contributed by atoms with Gasteiger partial charge >= 0.3 is 6.36 Å². The number of alkyl halides is 3. The van der Waals surface area contributed by atoms with E-state index in [9.17, 15) is 26.0 Å². The molecule has 0 unspecified atom stereocenters. The maximum atomic E-state index is 13.7. The highest BCUT2D eigenvalue weighted by Crippen LogP contribution is 2.33. The van der Waals surface area contributed by atoms with Crippen molar-refractivity contribution in [1.29, 1.82) is 0 Å². The molecule has 1 aliphatic heterocycles. The lowest BCUT2D eigenvalue weighted by Gasteiger charge is -2.30. The summed E-state index contributed by atoms with van der Waals surface area (Å²) in [7, 11) is -4.16. The minimum absolute atomic E-state index is 0.266. The molecule has 0 aliphatic carbocycles. The number of ether oxygens (including phenoxy) is 1. The smallest absolute Gasteiger partial charge is 0.404 e. The zero-order chi connectivity index (χ0) is 21.4. The van der Waals surface area contributed by atoms with E-state index in [4.69, 9.17) is 5.73 Å². The predicted molar refractivity (Wildman–Crippen MR) is 98.2 cm³/mol. The Hall–Kier alpha value is -2.37. The summed E-state index contributed by atoms with van der Waals surface area (Å²) in [5.74, 6) is -1.10. The molecule has 0 radical (unpaired) electrons. The van der Waals surface area contributed by atoms with Gasteiger partial charge < -0.3 is 15.8 Å². The van der Waals surface area contributed by atoms with Gasteiger partial charge in [-0.3, -0.25) is 0 Å². The molecule has 1 atom stereocenters. The number of anilines is 1. The molecule has 1 heterocycles. The highest BCUT2D eigenvalue weighted by Gasteiger charge is 2.40. The van der Waals surface area contributed by atoms with Crippen LogP contribution in [0.5, 0.6) is 5.75 Å². The molecular formula is C18H19F4N3O3S. The Bertz CT molecular complexity index is 1020. The molecule has 0 spiro atoms. The fraction of sp³-hybridized carbons (Fsp3) is 0.333. The second-order valence-electron chi connectivity index (χ2n) is 6.83. The molecule has 1 saturated heterocycles. The van der Waals surface area contributed by atoms with Gasteiger partial charge in [0.25, 0.3) is 0 Å². The summed E-state index contributed by atoms with van der Waals surface area (Å²) < 4.78 is 83.0. The van der Waals surface area contributed by atoms with Crippen molar-refractivity contribution in [2.24, 2.45) is 0 Å². The second-order valence-corrected chi connectivity index (χ2v) is 8.51. The van der Waals surface area contributed by atoms with Crippen molar-refractivity contribution in [3.8, 4) is 5.75 Å². The molecule has 4 N–H and O–H groups in total. The topological polar surface area (TPSA) is 93.5 Å². The Morgan fingerprint density at radius 2 is 1.93 bits per heavy atom. The van der Waals surface area contributed by atoms with Crippen molar-refractivity contribution in [1.82, 2.24) is 10.0 Å². The summed E-state index contributed by atoms with van der Waals surface area (Å²) in [5, 5.41) is 3.08. The lowest BCUT2D eigenvalue weighted by molar-refractivity contribution is -0.274. The molecule has 3 rings (SSSR count). The average Bonchev–Trinajstić information content (AvgIpc) is 3.07. The first kappa shape index (κ1) is 21.3. The maximum Gasteiger partial charge on any atom is 0.573 e. The minimum atomic E-state index is -4.95. The summed E-state index contributed by atoms with van der Waals surface area (Å²) in [6.45, 7) is 2.37. The van der Waals surface area contributed by atoms with E-state index in [-0.39, 0.29) is 11.4 Å². The van der Waals surface area contributed by atoms with Gasteiger partial charge in [0.15, 0.2) is 5.75 Å². The number of nitrogens with one attached hydrogen (secondary N) is 2. The first-order valence-electron chi connectivity index (χ1n) is 8.58. The Balaban J connectivity index is 1.94. The third-order valence-electron chi connectivity index (χ3n) is 4.71. The Morgan fingerprint density at radius 1 is 1.21 bits per heavy atom. The molecule has 2 aromatic rings. The van der Waals surface area contributed by atoms with E-state index in [0.717, 1.165) is 18.2 Å². The lowest BCUT2D eigenvalue weighted by Crippen LogP contribution is -2.47. The summed E-state index contributed by atoms with van der Waals surface area (Å²) >= 11 is 0. The number of hydrogen-bond donors (Lipinski definition) is 3. The monoisotopic (exact) mass is 433 g/mol. The molecule has 1 aliphatic rings.